The van der Waals surface area contributed by atoms with E-state index in [9.17, 15) is 19.4 Å². The van der Waals surface area contributed by atoms with Gasteiger partial charge in [-0.05, 0) is 6.07 Å². The van der Waals surface area contributed by atoms with Crippen molar-refractivity contribution in [2.45, 2.75) is 12.2 Å². The number of aliphatic hydroxyl groups is 2. The average Bonchev–Trinajstić information content (AvgIpc) is 2.26. The van der Waals surface area contributed by atoms with Crippen LogP contribution in [0.4, 0.5) is 4.39 Å². The molecule has 16 heavy (non-hydrogen) atoms. The summed E-state index contributed by atoms with van der Waals surface area (Å²) in [4.78, 5) is 10.8. The summed E-state index contributed by atoms with van der Waals surface area (Å²) >= 11 is 2.94. The number of hydrogen-bond acceptors (Lipinski definition) is 3. The molecule has 2 atom stereocenters. The van der Waals surface area contributed by atoms with Crippen LogP contribution in [-0.4, -0.2) is 32.7 Å². The molecule has 0 spiro atoms. The molecule has 0 saturated carbocycles. The van der Waals surface area contributed by atoms with Crippen LogP contribution in [-0.2, 0) is 0 Å². The first-order valence-corrected chi connectivity index (χ1v) is 5.55. The number of aromatic carboxylic acids is 1. The van der Waals surface area contributed by atoms with E-state index in [0.29, 0.717) is 0 Å². The van der Waals surface area contributed by atoms with Crippen LogP contribution in [0.25, 0.3) is 0 Å². The second-order valence-electron chi connectivity index (χ2n) is 3.18. The third-order valence-electron chi connectivity index (χ3n) is 2.10. The summed E-state index contributed by atoms with van der Waals surface area (Å²) in [6.07, 6.45) is -2.64. The fourth-order valence-electron chi connectivity index (χ4n) is 1.30. The van der Waals surface area contributed by atoms with Crippen molar-refractivity contribution >= 4 is 21.9 Å². The molecule has 0 aromatic heterocycles. The lowest BCUT2D eigenvalue weighted by Gasteiger charge is -2.17. The third kappa shape index (κ3) is 2.58. The van der Waals surface area contributed by atoms with Crippen molar-refractivity contribution < 1.29 is 24.5 Å². The van der Waals surface area contributed by atoms with Crippen molar-refractivity contribution in [3.63, 3.8) is 0 Å². The number of rotatable bonds is 4. The Labute approximate surface area is 99.5 Å². The number of carboxylic acids is 1. The van der Waals surface area contributed by atoms with E-state index in [1.165, 1.54) is 12.1 Å². The summed E-state index contributed by atoms with van der Waals surface area (Å²) in [5.41, 5.74) is -0.755. The van der Waals surface area contributed by atoms with Crippen LogP contribution in [0.2, 0.25) is 0 Å². The van der Waals surface area contributed by atoms with Crippen molar-refractivity contribution in [2.75, 3.05) is 5.33 Å². The van der Waals surface area contributed by atoms with E-state index in [2.05, 4.69) is 15.9 Å². The first kappa shape index (κ1) is 13.1. The Bertz CT molecular complexity index is 396. The van der Waals surface area contributed by atoms with E-state index in [1.807, 2.05) is 0 Å². The lowest BCUT2D eigenvalue weighted by atomic mass is 9.99. The quantitative estimate of drug-likeness (QED) is 0.732. The highest BCUT2D eigenvalue weighted by molar-refractivity contribution is 9.09. The van der Waals surface area contributed by atoms with Gasteiger partial charge in [0.15, 0.2) is 0 Å². The number of aliphatic hydroxyl groups excluding tert-OH is 2. The maximum atomic E-state index is 13.2. The minimum absolute atomic E-state index is 0.0593. The van der Waals surface area contributed by atoms with Gasteiger partial charge in [-0.3, -0.25) is 0 Å². The maximum Gasteiger partial charge on any atom is 0.339 e. The Morgan fingerprint density at radius 2 is 2.06 bits per heavy atom. The minimum Gasteiger partial charge on any atom is -0.478 e. The van der Waals surface area contributed by atoms with Gasteiger partial charge >= 0.3 is 5.97 Å². The van der Waals surface area contributed by atoms with Crippen molar-refractivity contribution in [1.29, 1.82) is 0 Å². The van der Waals surface area contributed by atoms with Gasteiger partial charge < -0.3 is 15.3 Å². The number of carbonyl (C=O) groups is 1. The molecular weight excluding hydrogens is 283 g/mol. The average molecular weight is 293 g/mol. The van der Waals surface area contributed by atoms with Crippen LogP contribution in [0, 0.1) is 5.82 Å². The van der Waals surface area contributed by atoms with Gasteiger partial charge in [0.05, 0.1) is 6.10 Å². The van der Waals surface area contributed by atoms with E-state index < -0.39 is 29.6 Å². The van der Waals surface area contributed by atoms with Crippen molar-refractivity contribution in [2.24, 2.45) is 0 Å². The molecule has 0 saturated heterocycles. The van der Waals surface area contributed by atoms with Crippen molar-refractivity contribution in [1.82, 2.24) is 0 Å². The highest BCUT2D eigenvalue weighted by Crippen LogP contribution is 2.24. The molecule has 1 aromatic rings. The summed E-state index contributed by atoms with van der Waals surface area (Å²) in [5, 5.41) is 27.9. The molecular formula is C10H10BrFO4. The zero-order valence-electron chi connectivity index (χ0n) is 8.10. The fraction of sp³-hybridized carbons (Fsp3) is 0.300. The van der Waals surface area contributed by atoms with Crippen LogP contribution < -0.4 is 0 Å². The normalized spacial score (nSPS) is 14.5. The zero-order chi connectivity index (χ0) is 12.3. The van der Waals surface area contributed by atoms with E-state index in [4.69, 9.17) is 5.11 Å². The van der Waals surface area contributed by atoms with Gasteiger partial charge in [-0.15, -0.1) is 0 Å². The zero-order valence-corrected chi connectivity index (χ0v) is 9.69. The highest BCUT2D eigenvalue weighted by Gasteiger charge is 2.25. The predicted octanol–water partition coefficient (Wildman–Crippen LogP) is 1.31. The summed E-state index contributed by atoms with van der Waals surface area (Å²) in [5.74, 6) is -2.42. The van der Waals surface area contributed by atoms with Crippen molar-refractivity contribution in [3.8, 4) is 0 Å². The van der Waals surface area contributed by atoms with Crippen LogP contribution >= 0.6 is 15.9 Å². The number of halogens is 2. The molecule has 0 radical (unpaired) electrons. The van der Waals surface area contributed by atoms with Gasteiger partial charge in [-0.25, -0.2) is 9.18 Å². The molecule has 88 valence electrons. The number of benzene rings is 1. The lowest BCUT2D eigenvalue weighted by molar-refractivity contribution is 0.0325. The standard InChI is InChI=1S/C10H10BrFO4/c11-4-7(13)9(14)5-2-1-3-6(12)8(5)10(15)16/h1-3,7,9,13-14H,4H2,(H,15,16). The summed E-state index contributed by atoms with van der Waals surface area (Å²) in [6.45, 7) is 0. The molecule has 0 fully saturated rings. The summed E-state index contributed by atoms with van der Waals surface area (Å²) in [7, 11) is 0. The second kappa shape index (κ2) is 5.38. The number of alkyl halides is 1. The van der Waals surface area contributed by atoms with E-state index in [0.717, 1.165) is 6.07 Å². The molecule has 3 N–H and O–H groups in total. The van der Waals surface area contributed by atoms with E-state index in [1.54, 1.807) is 0 Å². The molecule has 0 aliphatic heterocycles. The topological polar surface area (TPSA) is 77.8 Å². The Morgan fingerprint density at radius 1 is 1.44 bits per heavy atom. The Morgan fingerprint density at radius 3 is 2.56 bits per heavy atom. The summed E-state index contributed by atoms with van der Waals surface area (Å²) < 4.78 is 13.2. The lowest BCUT2D eigenvalue weighted by Crippen LogP contribution is -2.22. The maximum absolute atomic E-state index is 13.2. The number of carboxylic acid groups (broad SMARTS) is 1. The van der Waals surface area contributed by atoms with Crippen LogP contribution in [0.15, 0.2) is 18.2 Å². The van der Waals surface area contributed by atoms with Crippen LogP contribution in [0.1, 0.15) is 22.0 Å². The van der Waals surface area contributed by atoms with Gasteiger partial charge in [0.25, 0.3) is 0 Å². The van der Waals surface area contributed by atoms with Gasteiger partial charge in [0.1, 0.15) is 17.5 Å². The molecule has 1 aromatic carbocycles. The predicted molar refractivity (Wildman–Crippen MR) is 58.1 cm³/mol. The summed E-state index contributed by atoms with van der Waals surface area (Å²) in [6, 6.07) is 3.53. The number of hydrogen-bond donors (Lipinski definition) is 3. The first-order valence-electron chi connectivity index (χ1n) is 4.42. The van der Waals surface area contributed by atoms with Gasteiger partial charge in [0.2, 0.25) is 0 Å². The monoisotopic (exact) mass is 292 g/mol. The van der Waals surface area contributed by atoms with Gasteiger partial charge in [0, 0.05) is 10.9 Å². The Kier molecular flexibility index (Phi) is 4.40. The molecule has 0 bridgehead atoms. The van der Waals surface area contributed by atoms with Gasteiger partial charge in [-0.1, -0.05) is 28.1 Å². The van der Waals surface area contributed by atoms with Gasteiger partial charge in [-0.2, -0.15) is 0 Å². The minimum atomic E-state index is -1.48. The SMILES string of the molecule is O=C(O)c1c(F)cccc1C(O)C(O)CBr. The molecule has 0 heterocycles. The second-order valence-corrected chi connectivity index (χ2v) is 3.82. The van der Waals surface area contributed by atoms with Crippen molar-refractivity contribution in [3.05, 3.63) is 35.1 Å². The molecule has 1 rings (SSSR count). The van der Waals surface area contributed by atoms with Crippen LogP contribution in [0.5, 0.6) is 0 Å². The largest absolute Gasteiger partial charge is 0.478 e. The van der Waals surface area contributed by atoms with Crippen LogP contribution in [0.3, 0.4) is 0 Å². The molecule has 0 amide bonds. The van der Waals surface area contributed by atoms with E-state index >= 15 is 0 Å². The molecule has 0 aliphatic carbocycles. The Hall–Kier alpha value is -0.980. The first-order chi connectivity index (χ1) is 7.49. The Balaban J connectivity index is 3.22. The fourth-order valence-corrected chi connectivity index (χ4v) is 1.66. The molecule has 0 aliphatic rings. The molecule has 2 unspecified atom stereocenters. The smallest absolute Gasteiger partial charge is 0.339 e. The third-order valence-corrected chi connectivity index (χ3v) is 2.76. The highest BCUT2D eigenvalue weighted by atomic mass is 79.9. The molecule has 6 heteroatoms. The van der Waals surface area contributed by atoms with E-state index in [-0.39, 0.29) is 10.9 Å². The molecule has 4 nitrogen and oxygen atoms in total.